The van der Waals surface area contributed by atoms with E-state index < -0.39 is 5.41 Å². The van der Waals surface area contributed by atoms with Crippen LogP contribution in [0.2, 0.25) is 0 Å². The zero-order chi connectivity index (χ0) is 15.0. The van der Waals surface area contributed by atoms with Crippen molar-refractivity contribution in [3.8, 4) is 11.5 Å². The summed E-state index contributed by atoms with van der Waals surface area (Å²) in [6.45, 7) is 5.66. The van der Waals surface area contributed by atoms with Gasteiger partial charge in [-0.05, 0) is 38.1 Å². The van der Waals surface area contributed by atoms with Gasteiger partial charge in [0.1, 0.15) is 18.1 Å². The Kier molecular flexibility index (Phi) is 6.31. The number of rotatable bonds is 8. The third kappa shape index (κ3) is 5.09. The van der Waals surface area contributed by atoms with Crippen molar-refractivity contribution in [2.24, 2.45) is 5.41 Å². The van der Waals surface area contributed by atoms with E-state index in [1.54, 1.807) is 14.2 Å². The molecule has 112 valence electrons. The molecule has 20 heavy (non-hydrogen) atoms. The van der Waals surface area contributed by atoms with Gasteiger partial charge in [-0.2, -0.15) is 0 Å². The number of ether oxygens (including phenoxy) is 2. The molecular weight excluding hydrogens is 256 g/mol. The van der Waals surface area contributed by atoms with Crippen LogP contribution in [0.25, 0.3) is 0 Å². The lowest BCUT2D eigenvalue weighted by molar-refractivity contribution is -0.128. The lowest BCUT2D eigenvalue weighted by atomic mass is 9.92. The van der Waals surface area contributed by atoms with Crippen LogP contribution < -0.4 is 20.1 Å². The lowest BCUT2D eigenvalue weighted by Gasteiger charge is -2.22. The van der Waals surface area contributed by atoms with E-state index >= 15 is 0 Å². The van der Waals surface area contributed by atoms with Gasteiger partial charge in [-0.3, -0.25) is 4.79 Å². The van der Waals surface area contributed by atoms with E-state index in [9.17, 15) is 4.79 Å². The minimum absolute atomic E-state index is 0.0288. The summed E-state index contributed by atoms with van der Waals surface area (Å²) < 4.78 is 10.7. The number of carbonyl (C=O) groups is 1. The molecule has 2 N–H and O–H groups in total. The number of amides is 1. The maximum Gasteiger partial charge on any atom is 0.226 e. The highest BCUT2D eigenvalue weighted by Crippen LogP contribution is 2.16. The van der Waals surface area contributed by atoms with Crippen LogP contribution in [-0.4, -0.2) is 39.8 Å². The van der Waals surface area contributed by atoms with Crippen LogP contribution in [0, 0.1) is 5.41 Å². The van der Waals surface area contributed by atoms with Gasteiger partial charge in [-0.15, -0.1) is 0 Å². The Labute approximate surface area is 120 Å². The Morgan fingerprint density at radius 2 is 1.80 bits per heavy atom. The molecule has 0 atom stereocenters. The maximum absolute atomic E-state index is 11.6. The van der Waals surface area contributed by atoms with Gasteiger partial charge in [0.15, 0.2) is 0 Å². The van der Waals surface area contributed by atoms with Gasteiger partial charge < -0.3 is 20.1 Å². The maximum atomic E-state index is 11.6. The minimum Gasteiger partial charge on any atom is -0.497 e. The molecule has 0 aromatic heterocycles. The molecule has 1 aromatic rings. The molecule has 0 aliphatic heterocycles. The number of benzene rings is 1. The first-order valence-corrected chi connectivity index (χ1v) is 6.69. The Morgan fingerprint density at radius 1 is 1.20 bits per heavy atom. The Bertz CT molecular complexity index is 416. The Hall–Kier alpha value is -1.75. The molecule has 1 amide bonds. The Balaban J connectivity index is 2.23. The monoisotopic (exact) mass is 280 g/mol. The second-order valence-electron chi connectivity index (χ2n) is 5.16. The van der Waals surface area contributed by atoms with Gasteiger partial charge in [-0.25, -0.2) is 0 Å². The third-order valence-corrected chi connectivity index (χ3v) is 3.02. The SMILES string of the molecule is CNC(=O)C(C)(C)CNCCOc1ccc(OC)cc1. The summed E-state index contributed by atoms with van der Waals surface area (Å²) in [5, 5.41) is 5.88. The zero-order valence-electron chi connectivity index (χ0n) is 12.7. The van der Waals surface area contributed by atoms with Crippen molar-refractivity contribution in [3.63, 3.8) is 0 Å². The van der Waals surface area contributed by atoms with Gasteiger partial charge in [0.25, 0.3) is 0 Å². The molecule has 0 aliphatic rings. The first kappa shape index (κ1) is 16.3. The van der Waals surface area contributed by atoms with Crippen molar-refractivity contribution in [1.82, 2.24) is 10.6 Å². The summed E-state index contributed by atoms with van der Waals surface area (Å²) in [5.74, 6) is 1.64. The average Bonchev–Trinajstić information content (AvgIpc) is 2.46. The van der Waals surface area contributed by atoms with Crippen molar-refractivity contribution in [2.75, 3.05) is 33.9 Å². The highest BCUT2D eigenvalue weighted by molar-refractivity contribution is 5.81. The molecule has 5 nitrogen and oxygen atoms in total. The number of methoxy groups -OCH3 is 1. The van der Waals surface area contributed by atoms with Crippen LogP contribution in [0.4, 0.5) is 0 Å². The predicted octanol–water partition coefficient (Wildman–Crippen LogP) is 1.44. The van der Waals surface area contributed by atoms with Crippen molar-refractivity contribution in [2.45, 2.75) is 13.8 Å². The second kappa shape index (κ2) is 7.75. The van der Waals surface area contributed by atoms with Crippen LogP contribution in [0.1, 0.15) is 13.8 Å². The molecule has 0 aliphatic carbocycles. The van der Waals surface area contributed by atoms with Crippen LogP contribution in [0.3, 0.4) is 0 Å². The van der Waals surface area contributed by atoms with Crippen LogP contribution in [0.15, 0.2) is 24.3 Å². The molecule has 0 radical (unpaired) electrons. The van der Waals surface area contributed by atoms with E-state index in [0.717, 1.165) is 11.5 Å². The third-order valence-electron chi connectivity index (χ3n) is 3.02. The minimum atomic E-state index is -0.422. The molecule has 0 unspecified atom stereocenters. The van der Waals surface area contributed by atoms with E-state index in [-0.39, 0.29) is 5.91 Å². The normalized spacial score (nSPS) is 11.0. The van der Waals surface area contributed by atoms with Crippen LogP contribution in [-0.2, 0) is 4.79 Å². The molecule has 1 rings (SSSR count). The van der Waals surface area contributed by atoms with Gasteiger partial charge in [-0.1, -0.05) is 0 Å². The number of carbonyl (C=O) groups excluding carboxylic acids is 1. The van der Waals surface area contributed by atoms with Crippen LogP contribution in [0.5, 0.6) is 11.5 Å². The summed E-state index contributed by atoms with van der Waals surface area (Å²) in [4.78, 5) is 11.6. The highest BCUT2D eigenvalue weighted by Gasteiger charge is 2.25. The van der Waals surface area contributed by atoms with Crippen LogP contribution >= 0.6 is 0 Å². The molecular formula is C15H24N2O3. The first-order chi connectivity index (χ1) is 9.49. The van der Waals surface area contributed by atoms with Gasteiger partial charge in [0.05, 0.1) is 12.5 Å². The Morgan fingerprint density at radius 3 is 2.35 bits per heavy atom. The van der Waals surface area contributed by atoms with E-state index in [4.69, 9.17) is 9.47 Å². The van der Waals surface area contributed by atoms with Gasteiger partial charge >= 0.3 is 0 Å². The lowest BCUT2D eigenvalue weighted by Crippen LogP contribution is -2.42. The van der Waals surface area contributed by atoms with E-state index in [1.807, 2.05) is 38.1 Å². The summed E-state index contributed by atoms with van der Waals surface area (Å²) in [7, 11) is 3.28. The summed E-state index contributed by atoms with van der Waals surface area (Å²) in [6, 6.07) is 7.45. The highest BCUT2D eigenvalue weighted by atomic mass is 16.5. The zero-order valence-corrected chi connectivity index (χ0v) is 12.7. The quantitative estimate of drug-likeness (QED) is 0.707. The predicted molar refractivity (Wildman–Crippen MR) is 79.2 cm³/mol. The molecule has 0 bridgehead atoms. The van der Waals surface area contributed by atoms with Crippen molar-refractivity contribution in [1.29, 1.82) is 0 Å². The summed E-state index contributed by atoms with van der Waals surface area (Å²) in [5.41, 5.74) is -0.422. The van der Waals surface area contributed by atoms with Gasteiger partial charge in [0.2, 0.25) is 5.91 Å². The average molecular weight is 280 g/mol. The molecule has 1 aromatic carbocycles. The van der Waals surface area contributed by atoms with Crippen molar-refractivity contribution >= 4 is 5.91 Å². The smallest absolute Gasteiger partial charge is 0.226 e. The van der Waals surface area contributed by atoms with E-state index in [0.29, 0.717) is 19.7 Å². The fourth-order valence-electron chi connectivity index (χ4n) is 1.73. The number of nitrogens with one attached hydrogen (secondary N) is 2. The van der Waals surface area contributed by atoms with E-state index in [1.165, 1.54) is 0 Å². The van der Waals surface area contributed by atoms with Crippen molar-refractivity contribution < 1.29 is 14.3 Å². The fraction of sp³-hybridized carbons (Fsp3) is 0.533. The second-order valence-corrected chi connectivity index (χ2v) is 5.16. The molecule has 0 saturated carbocycles. The number of hydrogen-bond donors (Lipinski definition) is 2. The molecule has 0 spiro atoms. The largest absolute Gasteiger partial charge is 0.497 e. The molecule has 5 heteroatoms. The van der Waals surface area contributed by atoms with E-state index in [2.05, 4.69) is 10.6 Å². The topological polar surface area (TPSA) is 59.6 Å². The summed E-state index contributed by atoms with van der Waals surface area (Å²) in [6.07, 6.45) is 0. The molecule has 0 fully saturated rings. The standard InChI is InChI=1S/C15H24N2O3/c1-15(2,14(18)16-3)11-17-9-10-20-13-7-5-12(19-4)6-8-13/h5-8,17H,9-11H2,1-4H3,(H,16,18). The summed E-state index contributed by atoms with van der Waals surface area (Å²) >= 11 is 0. The molecule has 0 heterocycles. The van der Waals surface area contributed by atoms with Crippen molar-refractivity contribution in [3.05, 3.63) is 24.3 Å². The fourth-order valence-corrected chi connectivity index (χ4v) is 1.73. The van der Waals surface area contributed by atoms with Gasteiger partial charge in [0, 0.05) is 20.1 Å². The first-order valence-electron chi connectivity index (χ1n) is 6.69. The number of hydrogen-bond acceptors (Lipinski definition) is 4. The molecule has 0 saturated heterocycles.